The molecule has 0 aliphatic rings. The molecule has 11 nitrogen and oxygen atoms in total. The van der Waals surface area contributed by atoms with Crippen molar-refractivity contribution in [3.05, 3.63) is 70.8 Å². The van der Waals surface area contributed by atoms with Crippen molar-refractivity contribution in [3.8, 4) is 35.5 Å². The molecule has 0 spiro atoms. The smallest absolute Gasteiger partial charge is 0.217 e. The molecular weight excluding hydrogens is 562 g/mol. The molecule has 4 aromatic rings. The fraction of sp³-hybridized carbons (Fsp3) is 0.394. The number of hydrogen-bond acceptors (Lipinski definition) is 11. The highest BCUT2D eigenvalue weighted by Gasteiger charge is 2.44. The van der Waals surface area contributed by atoms with Crippen molar-refractivity contribution in [3.63, 3.8) is 0 Å². The minimum absolute atomic E-state index is 0.163. The quantitative estimate of drug-likeness (QED) is 0.229. The zero-order valence-electron chi connectivity index (χ0n) is 26.4. The molecule has 0 saturated heterocycles. The molecule has 0 aliphatic heterocycles. The van der Waals surface area contributed by atoms with Gasteiger partial charge in [-0.25, -0.2) is 4.98 Å². The minimum atomic E-state index is -1.62. The second-order valence-corrected chi connectivity index (χ2v) is 10.9. The average Bonchev–Trinajstić information content (AvgIpc) is 3.02. The SMILES string of the molecule is COc1cc(C(O)(CCN(C)C)C(c2cc(OC)nc(OC(C)C)c2)c2cc3cc(C#N)ccc3nc2OC)cc(OC)n1. The summed E-state index contributed by atoms with van der Waals surface area (Å²) >= 11 is 0. The van der Waals surface area contributed by atoms with Gasteiger partial charge in [0, 0.05) is 47.7 Å². The summed E-state index contributed by atoms with van der Waals surface area (Å²) in [6, 6.07) is 16.3. The van der Waals surface area contributed by atoms with Crippen LogP contribution in [0.1, 0.15) is 48.4 Å². The summed E-state index contributed by atoms with van der Waals surface area (Å²) in [5.74, 6) is 0.689. The van der Waals surface area contributed by atoms with Crippen molar-refractivity contribution >= 4 is 10.9 Å². The Kier molecular flexibility index (Phi) is 10.1. The largest absolute Gasteiger partial charge is 0.481 e. The molecule has 11 heteroatoms. The van der Waals surface area contributed by atoms with E-state index in [1.54, 1.807) is 42.5 Å². The Bertz CT molecular complexity index is 1630. The molecule has 0 amide bonds. The topological polar surface area (TPSA) is 132 Å². The van der Waals surface area contributed by atoms with Crippen LogP contribution in [0.25, 0.3) is 10.9 Å². The Balaban J connectivity index is 2.14. The number of ether oxygens (including phenoxy) is 5. The monoisotopic (exact) mass is 601 g/mol. The van der Waals surface area contributed by atoms with E-state index in [1.165, 1.54) is 28.4 Å². The van der Waals surface area contributed by atoms with Crippen LogP contribution in [0, 0.1) is 11.3 Å². The molecule has 3 heterocycles. The van der Waals surface area contributed by atoms with Crippen molar-refractivity contribution in [2.24, 2.45) is 0 Å². The second kappa shape index (κ2) is 13.8. The molecule has 232 valence electrons. The van der Waals surface area contributed by atoms with E-state index in [2.05, 4.69) is 16.0 Å². The third-order valence-electron chi connectivity index (χ3n) is 7.25. The van der Waals surface area contributed by atoms with E-state index >= 15 is 0 Å². The Labute approximate surface area is 258 Å². The number of nitrogens with zero attached hydrogens (tertiary/aromatic N) is 5. The molecule has 1 aromatic carbocycles. The first-order chi connectivity index (χ1) is 21.0. The fourth-order valence-corrected chi connectivity index (χ4v) is 5.19. The highest BCUT2D eigenvalue weighted by molar-refractivity contribution is 5.82. The van der Waals surface area contributed by atoms with E-state index in [9.17, 15) is 10.4 Å². The van der Waals surface area contributed by atoms with Crippen molar-refractivity contribution < 1.29 is 28.8 Å². The van der Waals surface area contributed by atoms with E-state index in [4.69, 9.17) is 28.7 Å². The molecule has 0 radical (unpaired) electrons. The van der Waals surface area contributed by atoms with Gasteiger partial charge in [-0.05, 0) is 69.8 Å². The summed E-state index contributed by atoms with van der Waals surface area (Å²) in [5.41, 5.74) is 1.22. The maximum Gasteiger partial charge on any atom is 0.217 e. The number of fused-ring (bicyclic) bond motifs is 1. The lowest BCUT2D eigenvalue weighted by Gasteiger charge is -2.39. The highest BCUT2D eigenvalue weighted by atomic mass is 16.5. The Morgan fingerprint density at radius 3 is 2.02 bits per heavy atom. The van der Waals surface area contributed by atoms with Gasteiger partial charge in [-0.1, -0.05) is 0 Å². The van der Waals surface area contributed by atoms with Crippen molar-refractivity contribution in [1.29, 1.82) is 5.26 Å². The molecule has 4 rings (SSSR count). The van der Waals surface area contributed by atoms with Crippen LogP contribution < -0.4 is 23.7 Å². The van der Waals surface area contributed by atoms with Crippen LogP contribution >= 0.6 is 0 Å². The first kappa shape index (κ1) is 32.3. The first-order valence-corrected chi connectivity index (χ1v) is 14.1. The molecule has 2 unspecified atom stereocenters. The van der Waals surface area contributed by atoms with Gasteiger partial charge >= 0.3 is 0 Å². The zero-order chi connectivity index (χ0) is 32.0. The van der Waals surface area contributed by atoms with Crippen LogP contribution in [0.15, 0.2) is 48.5 Å². The molecule has 44 heavy (non-hydrogen) atoms. The lowest BCUT2D eigenvalue weighted by Crippen LogP contribution is -2.38. The van der Waals surface area contributed by atoms with Crippen LogP contribution in [0.3, 0.4) is 0 Å². The molecule has 0 saturated carbocycles. The molecule has 0 aliphatic carbocycles. The Hall–Kier alpha value is -4.66. The summed E-state index contributed by atoms with van der Waals surface area (Å²) < 4.78 is 28.5. The number of aliphatic hydroxyl groups is 1. The van der Waals surface area contributed by atoms with E-state index in [0.717, 1.165) is 0 Å². The minimum Gasteiger partial charge on any atom is -0.481 e. The summed E-state index contributed by atoms with van der Waals surface area (Å²) in [5, 5.41) is 23.5. The number of hydrogen-bond donors (Lipinski definition) is 1. The van der Waals surface area contributed by atoms with Gasteiger partial charge in [0.15, 0.2) is 0 Å². The number of benzene rings is 1. The lowest BCUT2D eigenvalue weighted by atomic mass is 9.72. The summed E-state index contributed by atoms with van der Waals surface area (Å²) in [6.45, 7) is 4.33. The van der Waals surface area contributed by atoms with Crippen LogP contribution in [0.5, 0.6) is 29.4 Å². The van der Waals surface area contributed by atoms with E-state index < -0.39 is 11.5 Å². The van der Waals surface area contributed by atoms with Gasteiger partial charge < -0.3 is 33.7 Å². The van der Waals surface area contributed by atoms with Crippen LogP contribution in [0.4, 0.5) is 0 Å². The third-order valence-corrected chi connectivity index (χ3v) is 7.25. The first-order valence-electron chi connectivity index (χ1n) is 14.1. The predicted octanol–water partition coefficient (Wildman–Crippen LogP) is 4.69. The van der Waals surface area contributed by atoms with Gasteiger partial charge in [-0.2, -0.15) is 15.2 Å². The Morgan fingerprint density at radius 1 is 0.841 bits per heavy atom. The number of rotatable bonds is 13. The van der Waals surface area contributed by atoms with E-state index in [0.29, 0.717) is 57.3 Å². The Morgan fingerprint density at radius 2 is 1.45 bits per heavy atom. The molecule has 1 N–H and O–H groups in total. The average molecular weight is 602 g/mol. The van der Waals surface area contributed by atoms with Crippen molar-refractivity contribution in [2.45, 2.75) is 37.9 Å². The van der Waals surface area contributed by atoms with Gasteiger partial charge in [0.1, 0.15) is 5.60 Å². The fourth-order valence-electron chi connectivity index (χ4n) is 5.19. The highest BCUT2D eigenvalue weighted by Crippen LogP contribution is 2.49. The van der Waals surface area contributed by atoms with Gasteiger partial charge in [0.2, 0.25) is 29.4 Å². The lowest BCUT2D eigenvalue weighted by molar-refractivity contribution is 0.00318. The summed E-state index contributed by atoms with van der Waals surface area (Å²) in [4.78, 5) is 15.7. The molecule has 0 bridgehead atoms. The number of aromatic nitrogens is 3. The summed E-state index contributed by atoms with van der Waals surface area (Å²) in [7, 11) is 9.96. The van der Waals surface area contributed by atoms with E-state index in [-0.39, 0.29) is 24.3 Å². The molecular formula is C33H39N5O6. The maximum atomic E-state index is 13.2. The maximum absolute atomic E-state index is 13.2. The molecule has 0 fully saturated rings. The second-order valence-electron chi connectivity index (χ2n) is 10.9. The van der Waals surface area contributed by atoms with Crippen LogP contribution in [-0.4, -0.2) is 80.1 Å². The van der Waals surface area contributed by atoms with Crippen LogP contribution in [-0.2, 0) is 5.60 Å². The van der Waals surface area contributed by atoms with Gasteiger partial charge in [-0.3, -0.25) is 0 Å². The van der Waals surface area contributed by atoms with Crippen LogP contribution in [0.2, 0.25) is 0 Å². The van der Waals surface area contributed by atoms with Gasteiger partial charge in [-0.15, -0.1) is 0 Å². The zero-order valence-corrected chi connectivity index (χ0v) is 26.4. The van der Waals surface area contributed by atoms with E-state index in [1.807, 2.05) is 38.9 Å². The molecule has 2 atom stereocenters. The molecule has 3 aromatic heterocycles. The third kappa shape index (κ3) is 6.93. The van der Waals surface area contributed by atoms with Crippen molar-refractivity contribution in [1.82, 2.24) is 19.9 Å². The number of methoxy groups -OCH3 is 4. The summed E-state index contributed by atoms with van der Waals surface area (Å²) in [6.07, 6.45) is 0.106. The standard InChI is InChI=1S/C33H39N5O6/c1-20(2)44-30-16-23(15-27(37-30)40-5)31(25-14-22-13-21(19-34)9-10-26(22)35-32(25)43-8)33(39,11-12-38(3)4)24-17-28(41-6)36-29(18-24)42-7/h9-10,13-18,20,31,39H,11-12H2,1-8H3. The number of nitriles is 1. The van der Waals surface area contributed by atoms with Crippen molar-refractivity contribution in [2.75, 3.05) is 49.1 Å². The van der Waals surface area contributed by atoms with Gasteiger partial charge in [0.05, 0.1) is 51.7 Å². The predicted molar refractivity (Wildman–Crippen MR) is 166 cm³/mol. The normalized spacial score (nSPS) is 13.3. The number of pyridine rings is 3. The van der Waals surface area contributed by atoms with Gasteiger partial charge in [0.25, 0.3) is 0 Å².